The van der Waals surface area contributed by atoms with Crippen LogP contribution >= 0.6 is 23.2 Å². The minimum absolute atomic E-state index is 0.0142. The first kappa shape index (κ1) is 19.8. The molecule has 3 aromatic rings. The van der Waals surface area contributed by atoms with Gasteiger partial charge in [0.25, 0.3) is 0 Å². The zero-order chi connectivity index (χ0) is 20.4. The van der Waals surface area contributed by atoms with Crippen molar-refractivity contribution in [3.63, 3.8) is 0 Å². The third-order valence-corrected chi connectivity index (χ3v) is 4.13. The average molecular weight is 423 g/mol. The number of hydrogen-bond acceptors (Lipinski definition) is 4. The molecule has 6 nitrogen and oxygen atoms in total. The SMILES string of the molecule is C=C(C)/C=C(\N=CN)Nc1ncc(F)c2nn(-c3c(Cl)cc(F)cc3Cl)cc12. The van der Waals surface area contributed by atoms with Crippen molar-refractivity contribution in [2.75, 3.05) is 5.32 Å². The summed E-state index contributed by atoms with van der Waals surface area (Å²) in [5.41, 5.74) is 6.30. The molecule has 3 N–H and O–H groups in total. The Morgan fingerprint density at radius 1 is 1.32 bits per heavy atom. The Hall–Kier alpha value is -2.97. The van der Waals surface area contributed by atoms with Crippen molar-refractivity contribution in [2.45, 2.75) is 6.92 Å². The highest BCUT2D eigenvalue weighted by Crippen LogP contribution is 2.32. The van der Waals surface area contributed by atoms with Crippen LogP contribution in [0.2, 0.25) is 10.0 Å². The minimum atomic E-state index is -0.651. The number of benzene rings is 1. The Labute approximate surface area is 169 Å². The Morgan fingerprint density at radius 2 is 2.00 bits per heavy atom. The largest absolute Gasteiger partial charge is 0.390 e. The van der Waals surface area contributed by atoms with E-state index < -0.39 is 11.6 Å². The van der Waals surface area contributed by atoms with Crippen LogP contribution in [0.5, 0.6) is 0 Å². The van der Waals surface area contributed by atoms with Gasteiger partial charge in [-0.2, -0.15) is 5.10 Å². The fraction of sp³-hybridized carbons (Fsp3) is 0.0556. The summed E-state index contributed by atoms with van der Waals surface area (Å²) in [4.78, 5) is 8.04. The molecule has 3 rings (SSSR count). The van der Waals surface area contributed by atoms with Gasteiger partial charge in [-0.3, -0.25) is 0 Å². The predicted octanol–water partition coefficient (Wildman–Crippen LogP) is 4.82. The molecule has 2 heterocycles. The van der Waals surface area contributed by atoms with Gasteiger partial charge in [-0.25, -0.2) is 23.4 Å². The van der Waals surface area contributed by atoms with Crippen molar-refractivity contribution in [1.29, 1.82) is 0 Å². The molecule has 10 heteroatoms. The highest BCUT2D eigenvalue weighted by atomic mass is 35.5. The molecule has 0 spiro atoms. The molecule has 0 aliphatic heterocycles. The number of nitrogens with two attached hydrogens (primary N) is 1. The smallest absolute Gasteiger partial charge is 0.169 e. The van der Waals surface area contributed by atoms with Gasteiger partial charge in [0.2, 0.25) is 0 Å². The molecule has 2 aromatic heterocycles. The van der Waals surface area contributed by atoms with E-state index >= 15 is 0 Å². The summed E-state index contributed by atoms with van der Waals surface area (Å²) in [5, 5.41) is 7.51. The molecule has 0 fully saturated rings. The maximum Gasteiger partial charge on any atom is 0.169 e. The molecule has 0 saturated carbocycles. The van der Waals surface area contributed by atoms with E-state index in [1.54, 1.807) is 13.0 Å². The molecule has 0 bridgehead atoms. The summed E-state index contributed by atoms with van der Waals surface area (Å²) in [6.07, 6.45) is 5.23. The summed E-state index contributed by atoms with van der Waals surface area (Å²) in [6.45, 7) is 5.55. The summed E-state index contributed by atoms with van der Waals surface area (Å²) >= 11 is 12.2. The quantitative estimate of drug-likeness (QED) is 0.350. The lowest BCUT2D eigenvalue weighted by Gasteiger charge is -2.07. The topological polar surface area (TPSA) is 81.1 Å². The van der Waals surface area contributed by atoms with Crippen LogP contribution in [0.25, 0.3) is 16.6 Å². The summed E-state index contributed by atoms with van der Waals surface area (Å²) in [6, 6.07) is 2.18. The molecule has 1 aromatic carbocycles. The van der Waals surface area contributed by atoms with Crippen LogP contribution in [0.15, 0.2) is 53.6 Å². The lowest BCUT2D eigenvalue weighted by atomic mass is 10.3. The number of anilines is 1. The molecule has 0 amide bonds. The van der Waals surface area contributed by atoms with E-state index in [1.807, 2.05) is 0 Å². The summed E-state index contributed by atoms with van der Waals surface area (Å²) < 4.78 is 29.0. The van der Waals surface area contributed by atoms with E-state index in [0.29, 0.717) is 16.8 Å². The van der Waals surface area contributed by atoms with Crippen LogP contribution < -0.4 is 11.1 Å². The van der Waals surface area contributed by atoms with Crippen molar-refractivity contribution in [3.8, 4) is 5.69 Å². The number of rotatable bonds is 5. The second-order valence-electron chi connectivity index (χ2n) is 5.79. The second kappa shape index (κ2) is 7.95. The van der Waals surface area contributed by atoms with Gasteiger partial charge in [-0.05, 0) is 25.1 Å². The second-order valence-corrected chi connectivity index (χ2v) is 6.60. The first-order valence-electron chi connectivity index (χ1n) is 7.87. The molecule has 144 valence electrons. The monoisotopic (exact) mass is 422 g/mol. The van der Waals surface area contributed by atoms with Gasteiger partial charge < -0.3 is 11.1 Å². The fourth-order valence-corrected chi connectivity index (χ4v) is 3.12. The molecule has 0 atom stereocenters. The minimum Gasteiger partial charge on any atom is -0.390 e. The number of hydrogen-bond donors (Lipinski definition) is 2. The molecule has 0 radical (unpaired) electrons. The number of aliphatic imine (C=N–C) groups is 1. The van der Waals surface area contributed by atoms with E-state index in [2.05, 4.69) is 27.0 Å². The zero-order valence-corrected chi connectivity index (χ0v) is 16.1. The van der Waals surface area contributed by atoms with E-state index in [9.17, 15) is 8.78 Å². The van der Waals surface area contributed by atoms with Crippen molar-refractivity contribution < 1.29 is 8.78 Å². The van der Waals surface area contributed by atoms with E-state index in [-0.39, 0.29) is 27.1 Å². The van der Waals surface area contributed by atoms with Crippen LogP contribution in [0.3, 0.4) is 0 Å². The van der Waals surface area contributed by atoms with Gasteiger partial charge in [0, 0.05) is 6.20 Å². The highest BCUT2D eigenvalue weighted by molar-refractivity contribution is 6.37. The normalized spacial score (nSPS) is 12.1. The number of pyridine rings is 1. The highest BCUT2D eigenvalue weighted by Gasteiger charge is 2.17. The first-order valence-corrected chi connectivity index (χ1v) is 8.63. The zero-order valence-electron chi connectivity index (χ0n) is 14.5. The van der Waals surface area contributed by atoms with Crippen LogP contribution in [-0.4, -0.2) is 21.1 Å². The molecular weight excluding hydrogens is 409 g/mol. The number of halogens is 4. The third kappa shape index (κ3) is 3.97. The lowest BCUT2D eigenvalue weighted by molar-refractivity contribution is 0.625. The number of nitrogens with zero attached hydrogens (tertiary/aromatic N) is 4. The van der Waals surface area contributed by atoms with Gasteiger partial charge in [-0.15, -0.1) is 0 Å². The first-order chi connectivity index (χ1) is 13.3. The number of aromatic nitrogens is 3. The van der Waals surface area contributed by atoms with Gasteiger partial charge in [0.15, 0.2) is 5.82 Å². The maximum absolute atomic E-state index is 14.3. The number of nitrogens with one attached hydrogen (secondary N) is 1. The molecule has 0 aliphatic rings. The van der Waals surface area contributed by atoms with E-state index in [1.165, 1.54) is 10.9 Å². The average Bonchev–Trinajstić information content (AvgIpc) is 3.02. The number of fused-ring (bicyclic) bond motifs is 1. The predicted molar refractivity (Wildman–Crippen MR) is 108 cm³/mol. The Kier molecular flexibility index (Phi) is 5.62. The van der Waals surface area contributed by atoms with E-state index in [0.717, 1.165) is 24.7 Å². The molecule has 0 aliphatic carbocycles. The Bertz CT molecular complexity index is 1110. The summed E-state index contributed by atoms with van der Waals surface area (Å²) in [7, 11) is 0. The van der Waals surface area contributed by atoms with Gasteiger partial charge in [0.1, 0.15) is 28.7 Å². The summed E-state index contributed by atoms with van der Waals surface area (Å²) in [5.74, 6) is -0.627. The standard InChI is InChI=1S/C18H14Cl2F2N6/c1-9(2)3-15(25-8-23)26-18-11-7-28(27-16(11)14(22)6-24-18)17-12(19)4-10(21)5-13(17)20/h3-8H,1H2,2H3,(H2,23,25)(H,24,26)/b15-3+. The molecule has 0 unspecified atom stereocenters. The van der Waals surface area contributed by atoms with Gasteiger partial charge in [-0.1, -0.05) is 35.4 Å². The van der Waals surface area contributed by atoms with Crippen molar-refractivity contribution >= 4 is 46.3 Å². The van der Waals surface area contributed by atoms with Crippen LogP contribution in [0.4, 0.5) is 14.6 Å². The fourth-order valence-electron chi connectivity index (χ4n) is 2.48. The molecule has 28 heavy (non-hydrogen) atoms. The Morgan fingerprint density at radius 3 is 2.61 bits per heavy atom. The third-order valence-electron chi connectivity index (χ3n) is 3.56. The lowest BCUT2D eigenvalue weighted by Crippen LogP contribution is -2.03. The van der Waals surface area contributed by atoms with Crippen molar-refractivity contribution in [3.05, 3.63) is 70.3 Å². The molecular formula is C18H14Cl2F2N6. The molecule has 0 saturated heterocycles. The van der Waals surface area contributed by atoms with E-state index in [4.69, 9.17) is 28.9 Å². The van der Waals surface area contributed by atoms with Gasteiger partial charge in [0.05, 0.1) is 28.0 Å². The Balaban J connectivity index is 2.16. The van der Waals surface area contributed by atoms with Crippen LogP contribution in [0, 0.1) is 11.6 Å². The van der Waals surface area contributed by atoms with Crippen molar-refractivity contribution in [1.82, 2.24) is 14.8 Å². The van der Waals surface area contributed by atoms with Crippen LogP contribution in [0.1, 0.15) is 6.92 Å². The number of allylic oxidation sites excluding steroid dienone is 2. The van der Waals surface area contributed by atoms with Gasteiger partial charge >= 0.3 is 0 Å². The maximum atomic E-state index is 14.3. The van der Waals surface area contributed by atoms with Crippen molar-refractivity contribution in [2.24, 2.45) is 10.7 Å². The van der Waals surface area contributed by atoms with Crippen LogP contribution in [-0.2, 0) is 0 Å².